The van der Waals surface area contributed by atoms with Gasteiger partial charge in [0, 0.05) is 52.6 Å². The zero-order chi connectivity index (χ0) is 66.1. The van der Waals surface area contributed by atoms with Crippen molar-refractivity contribution in [1.29, 1.82) is 0 Å². The Bertz CT molecular complexity index is 3960. The fraction of sp³-hybridized carbons (Fsp3) is 0.235. The summed E-state index contributed by atoms with van der Waals surface area (Å²) in [5.41, 5.74) is -1.26. The van der Waals surface area contributed by atoms with Crippen molar-refractivity contribution in [3.05, 3.63) is 243 Å². The largest absolute Gasteiger partial charge is 0.515 e. The Morgan fingerprint density at radius 2 is 0.408 bits per heavy atom. The second-order valence-electron chi connectivity index (χ2n) is 27.4. The summed E-state index contributed by atoms with van der Waals surface area (Å²) in [4.78, 5) is 56.7. The lowest BCUT2D eigenvalue weighted by atomic mass is 9.81. The molecule has 98 heavy (non-hydrogen) atoms. The fourth-order valence-electron chi connectivity index (χ4n) is 18.0. The van der Waals surface area contributed by atoms with Gasteiger partial charge in [0.05, 0.1) is 23.7 Å². The van der Waals surface area contributed by atoms with Crippen molar-refractivity contribution in [3.8, 4) is 0 Å². The summed E-state index contributed by atoms with van der Waals surface area (Å²) in [6, 6.07) is 75.7. The van der Waals surface area contributed by atoms with Crippen molar-refractivity contribution in [2.24, 2.45) is 47.3 Å². The smallest absolute Gasteiger partial charge is 0.393 e. The summed E-state index contributed by atoms with van der Waals surface area (Å²) < 4.78 is 133. The molecular formula is C68H64O20Si10. The number of carbonyl (C=O) groups excluding carboxylic acids is 4. The Labute approximate surface area is 575 Å². The van der Waals surface area contributed by atoms with Gasteiger partial charge in [0.1, 0.15) is 0 Å². The van der Waals surface area contributed by atoms with E-state index in [2.05, 4.69) is 0 Å². The van der Waals surface area contributed by atoms with E-state index in [1.54, 1.807) is 0 Å². The average Bonchev–Trinajstić information content (AvgIpc) is 0.710. The van der Waals surface area contributed by atoms with Crippen LogP contribution in [-0.4, -0.2) is 111 Å². The van der Waals surface area contributed by atoms with Gasteiger partial charge in [-0.25, -0.2) is 0 Å². The molecule has 14 atom stereocenters. The first-order chi connectivity index (χ1) is 47.5. The minimum atomic E-state index is -5.47. The van der Waals surface area contributed by atoms with Crippen LogP contribution in [-0.2, 0) is 86.3 Å². The normalized spacial score (nSPS) is 41.7. The van der Waals surface area contributed by atoms with Crippen LogP contribution in [0.5, 0.6) is 0 Å². The molecule has 8 heterocycles. The molecule has 0 amide bonds. The fourth-order valence-corrected chi connectivity index (χ4v) is 77.0. The molecule has 496 valence electrons. The lowest BCUT2D eigenvalue weighted by Crippen LogP contribution is -2.93. The quantitative estimate of drug-likeness (QED) is 0.103. The molecule has 0 radical (unpaired) electrons. The van der Waals surface area contributed by atoms with Gasteiger partial charge in [-0.1, -0.05) is 243 Å². The molecule has 12 fully saturated rings. The second kappa shape index (κ2) is 22.6. The van der Waals surface area contributed by atoms with Gasteiger partial charge in [-0.15, -0.1) is 0 Å². The topological polar surface area (TPSA) is 216 Å². The van der Waals surface area contributed by atoms with Crippen molar-refractivity contribution in [3.63, 3.8) is 0 Å². The van der Waals surface area contributed by atoms with Crippen LogP contribution in [0.2, 0.25) is 24.2 Å². The number of carbonyl (C=O) groups is 4. The number of esters is 4. The highest BCUT2D eigenvalue weighted by atomic mass is 28.6. The second-order valence-corrected chi connectivity index (χ2v) is 57.9. The van der Waals surface area contributed by atoms with Crippen molar-refractivity contribution in [1.82, 2.24) is 0 Å². The van der Waals surface area contributed by atoms with Crippen LogP contribution in [0.4, 0.5) is 0 Å². The molecule has 20 rings (SSSR count). The van der Waals surface area contributed by atoms with Gasteiger partial charge in [-0.05, 0) is 62.4 Å². The third kappa shape index (κ3) is 9.41. The molecule has 12 aliphatic rings. The van der Waals surface area contributed by atoms with E-state index in [1.165, 1.54) is 0 Å². The van der Waals surface area contributed by atoms with Crippen LogP contribution < -0.4 is 41.5 Å². The predicted octanol–water partition coefficient (Wildman–Crippen LogP) is 4.65. The summed E-state index contributed by atoms with van der Waals surface area (Å²) in [5, 5.41) is 3.37. The number of hydrogen-bond donors (Lipinski definition) is 0. The van der Waals surface area contributed by atoms with Gasteiger partial charge in [-0.3, -0.25) is 19.2 Å². The van der Waals surface area contributed by atoms with Crippen molar-refractivity contribution in [2.75, 3.05) is 0 Å². The number of fused-ring (bicyclic) bond motifs is 14. The van der Waals surface area contributed by atoms with E-state index in [1.807, 2.05) is 256 Å². The molecule has 4 saturated carbocycles. The van der Waals surface area contributed by atoms with Crippen molar-refractivity contribution < 1.29 is 86.3 Å². The lowest BCUT2D eigenvalue weighted by Gasteiger charge is -2.61. The number of benzene rings is 8. The molecular weight excluding hydrogens is 1420 g/mol. The van der Waals surface area contributed by atoms with E-state index in [-0.39, 0.29) is 11.8 Å². The minimum Gasteiger partial charge on any atom is -0.393 e. The molecule has 8 aromatic rings. The van der Waals surface area contributed by atoms with Crippen molar-refractivity contribution >= 4 is 153 Å². The Kier molecular flexibility index (Phi) is 14.4. The summed E-state index contributed by atoms with van der Waals surface area (Å²) in [5.74, 6) is -6.81. The highest BCUT2D eigenvalue weighted by Crippen LogP contribution is 2.66. The first-order valence-electron chi connectivity index (χ1n) is 33.3. The van der Waals surface area contributed by atoms with Crippen LogP contribution in [0.3, 0.4) is 0 Å². The van der Waals surface area contributed by atoms with Crippen molar-refractivity contribution in [2.45, 2.75) is 49.9 Å². The van der Waals surface area contributed by atoms with E-state index in [0.717, 1.165) is 0 Å². The summed E-state index contributed by atoms with van der Waals surface area (Å²) >= 11 is 0. The number of hydrogen-bond acceptors (Lipinski definition) is 20. The molecule has 30 heteroatoms. The monoisotopic (exact) mass is 1480 g/mol. The van der Waals surface area contributed by atoms with Gasteiger partial charge < -0.3 is 67.1 Å². The first kappa shape index (κ1) is 62.6. The van der Waals surface area contributed by atoms with Gasteiger partial charge in [0.15, 0.2) is 0 Å². The zero-order valence-electron chi connectivity index (χ0n) is 52.9. The maximum Gasteiger partial charge on any atom is 0.515 e. The minimum absolute atomic E-state index is 0.298. The van der Waals surface area contributed by atoms with E-state index < -0.39 is 158 Å². The Morgan fingerprint density at radius 1 is 0.235 bits per heavy atom. The van der Waals surface area contributed by atoms with Crippen LogP contribution in [0.25, 0.3) is 0 Å². The summed E-state index contributed by atoms with van der Waals surface area (Å²) in [7, 11) is -52.4. The number of rotatable bonds is 10. The predicted molar refractivity (Wildman–Crippen MR) is 369 cm³/mol. The molecule has 20 nitrogen and oxygen atoms in total. The Morgan fingerprint density at radius 3 is 0.602 bits per heavy atom. The standard InChI is InChI=1S/C68H64O20Si10/c1-89(59-45-47-43-57(59)63-61(47)65(69)73-67(63)71)75-91(49-27-11-3-12-28-49)79-95(53-35-19-7-20-36-53)83-93(51-31-15-5-16-32-51)77-90(2,60-46-48-44-58(60)64-62(48)66(70)74-68(64)72)78-94(52-33-17-6-18-34-52)85-97(87-95,55-39-23-9-24-40-55)81-92(76-89,50-29-13-4-14-30-50)82-98(86-94,56-41-25-10-26-42-56)88-96(80-91,84-93)54-37-21-8-22-38-54/h3-42,47-48,57-64H,43-46H2,1-2H3/t47-,48+,57+,58-,59?,60?,61+,62-,63-,64+,89?,90?,91?,92?,93?,94?,95?,96?,97?,98?. The third-order valence-corrected chi connectivity index (χ3v) is 66.5. The van der Waals surface area contributed by atoms with Gasteiger partial charge in [-0.2, -0.15) is 0 Å². The highest BCUT2D eigenvalue weighted by Gasteiger charge is 2.86. The maximum atomic E-state index is 14.5. The Balaban J connectivity index is 1.02. The number of cyclic esters (lactones) is 4. The SMILES string of the molecule is C[Si]1(C2C[C@@H]3C[C@H]2[C@@H]2C(=O)OC(=O)[C@H]32)O[Si]2(c3ccccc3)O[Si]3(c4ccccc4)O[Si]4(c5ccccc5)O[Si](c5ccccc5)(O[Si]5(c6ccccc6)O[Si](c6ccccc6)(O2)O[Si](c2ccccc2)(O3)O[Si](C)(C2C[C@H]3C[C@@H]2[C@H]2C(=O)OC(=O)[C@@H]32)O[Si](c2ccccc2)(O4)O5)O1. The van der Waals surface area contributed by atoms with E-state index in [9.17, 15) is 19.2 Å². The van der Waals surface area contributed by atoms with Crippen LogP contribution in [0.1, 0.15) is 25.7 Å². The van der Waals surface area contributed by atoms with Gasteiger partial charge >= 0.3 is 111 Å². The summed E-state index contributed by atoms with van der Waals surface area (Å²) in [6.07, 6.45) is 1.75. The molecule has 8 aliphatic heterocycles. The van der Waals surface area contributed by atoms with Crippen LogP contribution >= 0.6 is 0 Å². The highest BCUT2D eigenvalue weighted by molar-refractivity contribution is 7.13. The van der Waals surface area contributed by atoms with Gasteiger partial charge in [0.2, 0.25) is 0 Å². The lowest BCUT2D eigenvalue weighted by molar-refractivity contribution is -0.156. The molecule has 0 N–H and O–H groups in total. The van der Waals surface area contributed by atoms with E-state index >= 15 is 0 Å². The van der Waals surface area contributed by atoms with Gasteiger partial charge in [0.25, 0.3) is 0 Å². The Hall–Kier alpha value is -6.35. The molecule has 8 saturated heterocycles. The number of ether oxygens (including phenoxy) is 2. The molecule has 8 aromatic carbocycles. The zero-order valence-corrected chi connectivity index (χ0v) is 62.9. The maximum absolute atomic E-state index is 14.5. The first-order valence-corrected chi connectivity index (χ1v) is 51.9. The molecule has 0 aromatic heterocycles. The molecule has 6 unspecified atom stereocenters. The molecule has 12 bridgehead atoms. The van der Waals surface area contributed by atoms with E-state index in [4.69, 9.17) is 67.1 Å². The van der Waals surface area contributed by atoms with Crippen LogP contribution in [0, 0.1) is 47.3 Å². The summed E-state index contributed by atoms with van der Waals surface area (Å²) in [6.45, 7) is 3.97. The average molecular weight is 1480 g/mol. The third-order valence-electron chi connectivity index (χ3n) is 21.9. The molecule has 4 aliphatic carbocycles. The van der Waals surface area contributed by atoms with E-state index in [0.29, 0.717) is 67.2 Å². The van der Waals surface area contributed by atoms with Crippen LogP contribution in [0.15, 0.2) is 243 Å². The molecule has 0 spiro atoms.